The quantitative estimate of drug-likeness (QED) is 0.481. The molecule has 0 saturated carbocycles. The summed E-state index contributed by atoms with van der Waals surface area (Å²) in [7, 11) is 0. The summed E-state index contributed by atoms with van der Waals surface area (Å²) in [6, 6.07) is 0. The van der Waals surface area contributed by atoms with Gasteiger partial charge < -0.3 is 19.7 Å². The van der Waals surface area contributed by atoms with E-state index in [2.05, 4.69) is 0 Å². The summed E-state index contributed by atoms with van der Waals surface area (Å²) in [5.41, 5.74) is 0. The molecule has 0 aliphatic rings. The highest BCUT2D eigenvalue weighted by Crippen LogP contribution is 1.93. The molecule has 15 heavy (non-hydrogen) atoms. The van der Waals surface area contributed by atoms with Crippen LogP contribution in [-0.2, 0) is 9.47 Å². The van der Waals surface area contributed by atoms with E-state index in [9.17, 15) is 0 Å². The predicted octanol–water partition coefficient (Wildman–Crippen LogP) is 0.955. The molecule has 0 bridgehead atoms. The average Bonchev–Trinajstić information content (AvgIpc) is 2.26. The van der Waals surface area contributed by atoms with Crippen molar-refractivity contribution < 1.29 is 19.7 Å². The zero-order valence-electron chi connectivity index (χ0n) is 9.49. The van der Waals surface area contributed by atoms with Crippen LogP contribution in [0, 0.1) is 0 Å². The second-order valence-electron chi connectivity index (χ2n) is 3.44. The lowest BCUT2D eigenvalue weighted by molar-refractivity contribution is 0.0768. The number of aliphatic hydroxyl groups is 2. The van der Waals surface area contributed by atoms with Crippen molar-refractivity contribution in [2.24, 2.45) is 0 Å². The number of hydrogen-bond donors (Lipinski definition) is 2. The Bertz CT molecular complexity index is 96.8. The van der Waals surface area contributed by atoms with Gasteiger partial charge in [0, 0.05) is 39.6 Å². The zero-order chi connectivity index (χ0) is 11.2. The molecule has 0 aromatic carbocycles. The molecule has 2 N–H and O–H groups in total. The Hall–Kier alpha value is -0.160. The third-order valence-electron chi connectivity index (χ3n) is 1.97. The summed E-state index contributed by atoms with van der Waals surface area (Å²) < 4.78 is 10.7. The first-order chi connectivity index (χ1) is 7.41. The van der Waals surface area contributed by atoms with E-state index in [0.717, 1.165) is 58.5 Å². The Balaban J connectivity index is 2.81. The molecule has 0 spiro atoms. The summed E-state index contributed by atoms with van der Waals surface area (Å²) in [5, 5.41) is 17.0. The van der Waals surface area contributed by atoms with E-state index in [0.29, 0.717) is 0 Å². The maximum atomic E-state index is 8.52. The van der Waals surface area contributed by atoms with Crippen LogP contribution < -0.4 is 0 Å². The van der Waals surface area contributed by atoms with Crippen molar-refractivity contribution in [3.05, 3.63) is 0 Å². The minimum Gasteiger partial charge on any atom is -0.396 e. The van der Waals surface area contributed by atoms with E-state index in [-0.39, 0.29) is 13.2 Å². The fourth-order valence-electron chi connectivity index (χ4n) is 1.10. The molecule has 0 aliphatic heterocycles. The molecule has 0 aromatic heterocycles. The van der Waals surface area contributed by atoms with Crippen LogP contribution in [0.4, 0.5) is 0 Å². The van der Waals surface area contributed by atoms with Gasteiger partial charge in [0.1, 0.15) is 0 Å². The summed E-state index contributed by atoms with van der Waals surface area (Å²) in [6.07, 6.45) is 4.40. The summed E-state index contributed by atoms with van der Waals surface area (Å²) in [4.78, 5) is 0. The number of aliphatic hydroxyl groups excluding tert-OH is 2. The molecule has 0 saturated heterocycles. The molecule has 4 nitrogen and oxygen atoms in total. The van der Waals surface area contributed by atoms with E-state index in [1.54, 1.807) is 0 Å². The van der Waals surface area contributed by atoms with Crippen LogP contribution in [0.1, 0.15) is 32.1 Å². The molecule has 0 aliphatic carbocycles. The summed E-state index contributed by atoms with van der Waals surface area (Å²) in [5.74, 6) is 0. The maximum Gasteiger partial charge on any atom is 0.0487 e. The standard InChI is InChI=1S/C11H24O4/c12-6-1-3-8-14-10-5-11-15-9-4-2-7-13/h12-13H,1-11H2. The van der Waals surface area contributed by atoms with Gasteiger partial charge in [-0.3, -0.25) is 0 Å². The molecule has 0 aromatic rings. The SMILES string of the molecule is OCCCCOCCCOCCCCO. The van der Waals surface area contributed by atoms with Crippen LogP contribution in [-0.4, -0.2) is 49.9 Å². The number of ether oxygens (including phenoxy) is 2. The van der Waals surface area contributed by atoms with Gasteiger partial charge in [0.2, 0.25) is 0 Å². The van der Waals surface area contributed by atoms with Crippen LogP contribution in [0.15, 0.2) is 0 Å². The van der Waals surface area contributed by atoms with Crippen molar-refractivity contribution in [1.82, 2.24) is 0 Å². The average molecular weight is 220 g/mol. The lowest BCUT2D eigenvalue weighted by Gasteiger charge is -2.04. The Kier molecular flexibility index (Phi) is 13.7. The van der Waals surface area contributed by atoms with Gasteiger partial charge in [-0.15, -0.1) is 0 Å². The predicted molar refractivity (Wildman–Crippen MR) is 58.9 cm³/mol. The highest BCUT2D eigenvalue weighted by Gasteiger charge is 1.91. The van der Waals surface area contributed by atoms with E-state index in [4.69, 9.17) is 19.7 Å². The lowest BCUT2D eigenvalue weighted by atomic mass is 10.3. The third-order valence-corrected chi connectivity index (χ3v) is 1.97. The molecular formula is C11H24O4. The number of unbranched alkanes of at least 4 members (excludes halogenated alkanes) is 2. The van der Waals surface area contributed by atoms with E-state index in [1.165, 1.54) is 0 Å². The minimum absolute atomic E-state index is 0.247. The maximum absolute atomic E-state index is 8.52. The van der Waals surface area contributed by atoms with E-state index >= 15 is 0 Å². The Labute approximate surface area is 92.2 Å². The summed E-state index contributed by atoms with van der Waals surface area (Å²) in [6.45, 7) is 3.40. The largest absolute Gasteiger partial charge is 0.396 e. The molecule has 0 heterocycles. The van der Waals surface area contributed by atoms with Crippen molar-refractivity contribution in [2.75, 3.05) is 39.6 Å². The first kappa shape index (κ1) is 14.8. The molecule has 0 atom stereocenters. The number of rotatable bonds is 12. The van der Waals surface area contributed by atoms with E-state index in [1.807, 2.05) is 0 Å². The highest BCUT2D eigenvalue weighted by atomic mass is 16.5. The molecule has 0 radical (unpaired) electrons. The lowest BCUT2D eigenvalue weighted by Crippen LogP contribution is -2.03. The van der Waals surface area contributed by atoms with Crippen molar-refractivity contribution in [1.29, 1.82) is 0 Å². The molecule has 0 unspecified atom stereocenters. The van der Waals surface area contributed by atoms with Gasteiger partial charge in [-0.05, 0) is 32.1 Å². The van der Waals surface area contributed by atoms with Crippen molar-refractivity contribution in [3.63, 3.8) is 0 Å². The first-order valence-electron chi connectivity index (χ1n) is 5.79. The zero-order valence-corrected chi connectivity index (χ0v) is 9.49. The van der Waals surface area contributed by atoms with Crippen molar-refractivity contribution in [3.8, 4) is 0 Å². The molecule has 0 rings (SSSR count). The van der Waals surface area contributed by atoms with Gasteiger partial charge in [-0.2, -0.15) is 0 Å². The topological polar surface area (TPSA) is 58.9 Å². The highest BCUT2D eigenvalue weighted by molar-refractivity contribution is 4.40. The fraction of sp³-hybridized carbons (Fsp3) is 1.00. The van der Waals surface area contributed by atoms with Crippen LogP contribution in [0.5, 0.6) is 0 Å². The second kappa shape index (κ2) is 13.8. The number of hydrogen-bond acceptors (Lipinski definition) is 4. The molecule has 92 valence electrons. The van der Waals surface area contributed by atoms with Crippen LogP contribution in [0.25, 0.3) is 0 Å². The van der Waals surface area contributed by atoms with Gasteiger partial charge in [0.15, 0.2) is 0 Å². The van der Waals surface area contributed by atoms with Crippen molar-refractivity contribution in [2.45, 2.75) is 32.1 Å². The van der Waals surface area contributed by atoms with Gasteiger partial charge in [0.25, 0.3) is 0 Å². The molecule has 4 heteroatoms. The Morgan fingerprint density at radius 2 is 0.933 bits per heavy atom. The minimum atomic E-state index is 0.247. The van der Waals surface area contributed by atoms with Crippen LogP contribution >= 0.6 is 0 Å². The van der Waals surface area contributed by atoms with Crippen LogP contribution in [0.3, 0.4) is 0 Å². The third kappa shape index (κ3) is 13.8. The molecule has 0 fully saturated rings. The van der Waals surface area contributed by atoms with Crippen LogP contribution in [0.2, 0.25) is 0 Å². The fourth-order valence-corrected chi connectivity index (χ4v) is 1.10. The van der Waals surface area contributed by atoms with E-state index < -0.39 is 0 Å². The monoisotopic (exact) mass is 220 g/mol. The Morgan fingerprint density at radius 3 is 1.33 bits per heavy atom. The first-order valence-corrected chi connectivity index (χ1v) is 5.79. The van der Waals surface area contributed by atoms with Gasteiger partial charge in [-0.25, -0.2) is 0 Å². The van der Waals surface area contributed by atoms with Gasteiger partial charge in [0.05, 0.1) is 0 Å². The second-order valence-corrected chi connectivity index (χ2v) is 3.44. The summed E-state index contributed by atoms with van der Waals surface area (Å²) >= 11 is 0. The van der Waals surface area contributed by atoms with Gasteiger partial charge >= 0.3 is 0 Å². The molecular weight excluding hydrogens is 196 g/mol. The van der Waals surface area contributed by atoms with Gasteiger partial charge in [-0.1, -0.05) is 0 Å². The Morgan fingerprint density at radius 1 is 0.533 bits per heavy atom. The smallest absolute Gasteiger partial charge is 0.0487 e. The molecule has 0 amide bonds. The normalized spacial score (nSPS) is 10.8. The van der Waals surface area contributed by atoms with Crippen molar-refractivity contribution >= 4 is 0 Å².